The molecule has 1 N–H and O–H groups in total. The van der Waals surface area contributed by atoms with Crippen LogP contribution in [-0.4, -0.2) is 29.4 Å². The van der Waals surface area contributed by atoms with Crippen molar-refractivity contribution in [3.05, 3.63) is 89.3 Å². The monoisotopic (exact) mass is 477 g/mol. The SMILES string of the molecule is O=C(COc1ccc(Cl)cc1)NC(Cc1ccccc1)c1nc(-c2ccc3c(c2)OCO3)no1. The zero-order valence-electron chi connectivity index (χ0n) is 17.9. The summed E-state index contributed by atoms with van der Waals surface area (Å²) in [6.07, 6.45) is 0.469. The summed E-state index contributed by atoms with van der Waals surface area (Å²) in [5.41, 5.74) is 1.73. The van der Waals surface area contributed by atoms with Gasteiger partial charge < -0.3 is 24.1 Å². The lowest BCUT2D eigenvalue weighted by molar-refractivity contribution is -0.124. The van der Waals surface area contributed by atoms with Gasteiger partial charge in [0.15, 0.2) is 18.1 Å². The van der Waals surface area contributed by atoms with E-state index in [1.54, 1.807) is 36.4 Å². The van der Waals surface area contributed by atoms with Gasteiger partial charge in [0.2, 0.25) is 18.5 Å². The maximum atomic E-state index is 12.7. The summed E-state index contributed by atoms with van der Waals surface area (Å²) in [7, 11) is 0. The van der Waals surface area contributed by atoms with Gasteiger partial charge in [0.25, 0.3) is 5.91 Å². The molecule has 0 bridgehead atoms. The Balaban J connectivity index is 1.32. The minimum absolute atomic E-state index is 0.171. The van der Waals surface area contributed by atoms with E-state index in [1.807, 2.05) is 36.4 Å². The fraction of sp³-hybridized carbons (Fsp3) is 0.160. The number of hydrogen-bond donors (Lipinski definition) is 1. The van der Waals surface area contributed by atoms with Crippen molar-refractivity contribution in [3.63, 3.8) is 0 Å². The quantitative estimate of drug-likeness (QED) is 0.396. The van der Waals surface area contributed by atoms with Gasteiger partial charge >= 0.3 is 0 Å². The van der Waals surface area contributed by atoms with E-state index >= 15 is 0 Å². The summed E-state index contributed by atoms with van der Waals surface area (Å²) >= 11 is 5.89. The van der Waals surface area contributed by atoms with Crippen molar-refractivity contribution in [1.29, 1.82) is 0 Å². The highest BCUT2D eigenvalue weighted by molar-refractivity contribution is 6.30. The van der Waals surface area contributed by atoms with Crippen LogP contribution in [0.5, 0.6) is 17.2 Å². The molecule has 1 aromatic heterocycles. The van der Waals surface area contributed by atoms with E-state index in [4.69, 9.17) is 30.3 Å². The van der Waals surface area contributed by atoms with E-state index in [-0.39, 0.29) is 25.2 Å². The number of benzene rings is 3. The van der Waals surface area contributed by atoms with Crippen LogP contribution in [0.3, 0.4) is 0 Å². The molecule has 0 fully saturated rings. The first-order valence-electron chi connectivity index (χ1n) is 10.6. The van der Waals surface area contributed by atoms with E-state index < -0.39 is 6.04 Å². The molecule has 2 heterocycles. The van der Waals surface area contributed by atoms with Crippen molar-refractivity contribution < 1.29 is 23.5 Å². The molecular weight excluding hydrogens is 458 g/mol. The Labute approximate surface area is 200 Å². The van der Waals surface area contributed by atoms with Crippen molar-refractivity contribution in [1.82, 2.24) is 15.5 Å². The van der Waals surface area contributed by atoms with Crippen molar-refractivity contribution in [3.8, 4) is 28.6 Å². The van der Waals surface area contributed by atoms with Crippen molar-refractivity contribution in [2.45, 2.75) is 12.5 Å². The third kappa shape index (κ3) is 5.13. The Bertz CT molecular complexity index is 1280. The number of halogens is 1. The summed E-state index contributed by atoms with van der Waals surface area (Å²) in [5, 5.41) is 7.64. The Morgan fingerprint density at radius 2 is 1.82 bits per heavy atom. The number of rotatable bonds is 8. The summed E-state index contributed by atoms with van der Waals surface area (Å²) in [6, 6.07) is 21.4. The third-order valence-corrected chi connectivity index (χ3v) is 5.42. The van der Waals surface area contributed by atoms with Gasteiger partial charge in [-0.3, -0.25) is 4.79 Å². The molecule has 0 saturated carbocycles. The minimum Gasteiger partial charge on any atom is -0.484 e. The predicted octanol–water partition coefficient (Wildman–Crippen LogP) is 4.60. The molecule has 1 aliphatic rings. The van der Waals surface area contributed by atoms with Crippen molar-refractivity contribution in [2.24, 2.45) is 0 Å². The molecular formula is C25H20ClN3O5. The number of hydrogen-bond acceptors (Lipinski definition) is 7. The highest BCUT2D eigenvalue weighted by Gasteiger charge is 2.23. The van der Waals surface area contributed by atoms with Crippen LogP contribution in [0.15, 0.2) is 77.3 Å². The molecule has 34 heavy (non-hydrogen) atoms. The van der Waals surface area contributed by atoms with Crippen LogP contribution in [-0.2, 0) is 11.2 Å². The zero-order chi connectivity index (χ0) is 23.3. The molecule has 1 unspecified atom stereocenters. The van der Waals surface area contributed by atoms with Crippen LogP contribution in [0, 0.1) is 0 Å². The highest BCUT2D eigenvalue weighted by atomic mass is 35.5. The molecule has 4 aromatic rings. The van der Waals surface area contributed by atoms with Gasteiger partial charge in [0, 0.05) is 17.0 Å². The number of ether oxygens (including phenoxy) is 3. The van der Waals surface area contributed by atoms with Crippen LogP contribution in [0.1, 0.15) is 17.5 Å². The number of fused-ring (bicyclic) bond motifs is 1. The molecule has 5 rings (SSSR count). The second-order valence-electron chi connectivity index (χ2n) is 7.58. The van der Waals surface area contributed by atoms with Gasteiger partial charge in [0.05, 0.1) is 0 Å². The van der Waals surface area contributed by atoms with Crippen molar-refractivity contribution in [2.75, 3.05) is 13.4 Å². The van der Waals surface area contributed by atoms with E-state index in [2.05, 4.69) is 15.5 Å². The van der Waals surface area contributed by atoms with Gasteiger partial charge in [-0.1, -0.05) is 47.1 Å². The number of amides is 1. The molecule has 1 aliphatic heterocycles. The third-order valence-electron chi connectivity index (χ3n) is 5.17. The fourth-order valence-corrected chi connectivity index (χ4v) is 3.62. The zero-order valence-corrected chi connectivity index (χ0v) is 18.7. The maximum absolute atomic E-state index is 12.7. The van der Waals surface area contributed by atoms with E-state index in [0.717, 1.165) is 11.1 Å². The van der Waals surface area contributed by atoms with Crippen LogP contribution in [0.25, 0.3) is 11.4 Å². The van der Waals surface area contributed by atoms with Gasteiger partial charge in [0.1, 0.15) is 11.8 Å². The summed E-state index contributed by atoms with van der Waals surface area (Å²) < 4.78 is 21.9. The first kappa shape index (κ1) is 21.8. The largest absolute Gasteiger partial charge is 0.484 e. The van der Waals surface area contributed by atoms with Gasteiger partial charge in [-0.25, -0.2) is 0 Å². The van der Waals surface area contributed by atoms with E-state index in [9.17, 15) is 4.79 Å². The van der Waals surface area contributed by atoms with Crippen LogP contribution < -0.4 is 19.5 Å². The Morgan fingerprint density at radius 1 is 1.03 bits per heavy atom. The summed E-state index contributed by atoms with van der Waals surface area (Å²) in [5.74, 6) is 2.19. The Kier molecular flexibility index (Phi) is 6.31. The van der Waals surface area contributed by atoms with Gasteiger partial charge in [-0.15, -0.1) is 0 Å². The highest BCUT2D eigenvalue weighted by Crippen LogP contribution is 2.35. The number of carbonyl (C=O) groups excluding carboxylic acids is 1. The number of nitrogens with one attached hydrogen (secondary N) is 1. The van der Waals surface area contributed by atoms with E-state index in [1.165, 1.54) is 0 Å². The second kappa shape index (κ2) is 9.84. The standard InChI is InChI=1S/C25H20ClN3O5/c26-18-7-9-19(10-8-18)31-14-23(30)27-20(12-16-4-2-1-3-5-16)25-28-24(29-34-25)17-6-11-21-22(13-17)33-15-32-21/h1-11,13,20H,12,14-15H2,(H,27,30). The first-order chi connectivity index (χ1) is 16.6. The molecule has 0 aliphatic carbocycles. The molecule has 1 atom stereocenters. The van der Waals surface area contributed by atoms with Crippen LogP contribution >= 0.6 is 11.6 Å². The van der Waals surface area contributed by atoms with Gasteiger partial charge in [-0.2, -0.15) is 4.98 Å². The number of nitrogens with zero attached hydrogens (tertiary/aromatic N) is 2. The predicted molar refractivity (Wildman–Crippen MR) is 124 cm³/mol. The molecule has 0 radical (unpaired) electrons. The number of carbonyl (C=O) groups is 1. The second-order valence-corrected chi connectivity index (χ2v) is 8.01. The topological polar surface area (TPSA) is 95.7 Å². The van der Waals surface area contributed by atoms with Gasteiger partial charge in [-0.05, 0) is 48.0 Å². The Morgan fingerprint density at radius 3 is 2.65 bits per heavy atom. The fourth-order valence-electron chi connectivity index (χ4n) is 3.50. The average Bonchev–Trinajstić information content (AvgIpc) is 3.53. The van der Waals surface area contributed by atoms with Crippen LogP contribution in [0.4, 0.5) is 0 Å². The molecule has 8 nitrogen and oxygen atoms in total. The van der Waals surface area contributed by atoms with Crippen molar-refractivity contribution >= 4 is 17.5 Å². The molecule has 9 heteroatoms. The maximum Gasteiger partial charge on any atom is 0.258 e. The normalized spacial score (nSPS) is 12.9. The molecule has 1 amide bonds. The van der Waals surface area contributed by atoms with Crippen LogP contribution in [0.2, 0.25) is 5.02 Å². The summed E-state index contributed by atoms with van der Waals surface area (Å²) in [4.78, 5) is 17.2. The smallest absolute Gasteiger partial charge is 0.258 e. The summed E-state index contributed by atoms with van der Waals surface area (Å²) in [6.45, 7) is 0.00955. The molecule has 0 spiro atoms. The Hall–Kier alpha value is -4.04. The lowest BCUT2D eigenvalue weighted by atomic mass is 10.1. The average molecular weight is 478 g/mol. The molecule has 0 saturated heterocycles. The number of aromatic nitrogens is 2. The molecule has 3 aromatic carbocycles. The van der Waals surface area contributed by atoms with E-state index in [0.29, 0.717) is 34.5 Å². The molecule has 172 valence electrons. The first-order valence-corrected chi connectivity index (χ1v) is 11.0. The lowest BCUT2D eigenvalue weighted by Gasteiger charge is -2.15. The lowest BCUT2D eigenvalue weighted by Crippen LogP contribution is -2.34. The minimum atomic E-state index is -0.543.